The van der Waals surface area contributed by atoms with Crippen LogP contribution in [-0.4, -0.2) is 23.3 Å². The first-order valence-electron chi connectivity index (χ1n) is 7.42. The molecule has 21 heavy (non-hydrogen) atoms. The van der Waals surface area contributed by atoms with E-state index in [-0.39, 0.29) is 22.4 Å². The first kappa shape index (κ1) is 15.5. The fourth-order valence-electron chi connectivity index (χ4n) is 3.03. The minimum atomic E-state index is -0.352. The molecule has 0 bridgehead atoms. The molecule has 1 aromatic carbocycles. The number of carbonyl (C=O) groups excluding carboxylic acids is 1. The van der Waals surface area contributed by atoms with Crippen molar-refractivity contribution < 1.29 is 9.72 Å². The molecule has 1 aliphatic heterocycles. The lowest BCUT2D eigenvalue weighted by Crippen LogP contribution is -2.42. The molecule has 0 N–H and O–H groups in total. The van der Waals surface area contributed by atoms with Crippen molar-refractivity contribution in [1.29, 1.82) is 0 Å². The Bertz CT molecular complexity index is 554. The van der Waals surface area contributed by atoms with Crippen LogP contribution in [0.4, 0.5) is 11.4 Å². The highest BCUT2D eigenvalue weighted by Gasteiger charge is 2.28. The van der Waals surface area contributed by atoms with Crippen molar-refractivity contribution in [3.63, 3.8) is 0 Å². The predicted octanol–water partition coefficient (Wildman–Crippen LogP) is 3.35. The molecule has 0 fully saturated rings. The van der Waals surface area contributed by atoms with Gasteiger partial charge in [0, 0.05) is 36.8 Å². The minimum absolute atomic E-state index is 0.142. The standard InChI is InChI=1S/C16H22N2O3/c1-11(2)10-17-14(8-12(3)19)5-4-13-9-15(18(20)21)6-7-16(13)17/h6-7,9,11,14H,4-5,8,10H2,1-3H3. The minimum Gasteiger partial charge on any atom is -0.368 e. The van der Waals surface area contributed by atoms with E-state index in [0.29, 0.717) is 12.3 Å². The molecule has 2 rings (SSSR count). The lowest BCUT2D eigenvalue weighted by molar-refractivity contribution is -0.384. The van der Waals surface area contributed by atoms with E-state index in [1.165, 1.54) is 0 Å². The summed E-state index contributed by atoms with van der Waals surface area (Å²) in [4.78, 5) is 24.3. The second kappa shape index (κ2) is 6.24. The monoisotopic (exact) mass is 290 g/mol. The van der Waals surface area contributed by atoms with Gasteiger partial charge in [-0.25, -0.2) is 0 Å². The normalized spacial score (nSPS) is 17.7. The van der Waals surface area contributed by atoms with Crippen LogP contribution in [0.3, 0.4) is 0 Å². The molecular formula is C16H22N2O3. The molecule has 1 aliphatic rings. The van der Waals surface area contributed by atoms with E-state index in [4.69, 9.17) is 0 Å². The number of nitrogens with zero attached hydrogens (tertiary/aromatic N) is 2. The highest BCUT2D eigenvalue weighted by molar-refractivity contribution is 5.77. The van der Waals surface area contributed by atoms with Gasteiger partial charge in [0.2, 0.25) is 0 Å². The third kappa shape index (κ3) is 3.60. The molecule has 0 saturated heterocycles. The molecule has 1 unspecified atom stereocenters. The van der Waals surface area contributed by atoms with Gasteiger partial charge in [-0.3, -0.25) is 14.9 Å². The van der Waals surface area contributed by atoms with Gasteiger partial charge in [-0.15, -0.1) is 0 Å². The molecule has 1 heterocycles. The number of benzene rings is 1. The summed E-state index contributed by atoms with van der Waals surface area (Å²) in [5.74, 6) is 0.666. The van der Waals surface area contributed by atoms with E-state index in [0.717, 1.165) is 30.6 Å². The number of fused-ring (bicyclic) bond motifs is 1. The highest BCUT2D eigenvalue weighted by Crippen LogP contribution is 2.35. The third-order valence-corrected chi connectivity index (χ3v) is 3.86. The van der Waals surface area contributed by atoms with E-state index < -0.39 is 0 Å². The Balaban J connectivity index is 2.35. The van der Waals surface area contributed by atoms with Crippen LogP contribution in [0.1, 0.15) is 39.2 Å². The fraction of sp³-hybridized carbons (Fsp3) is 0.562. The molecule has 0 aliphatic carbocycles. The molecule has 5 nitrogen and oxygen atoms in total. The number of Topliss-reactive ketones (excluding diaryl/α,β-unsaturated/α-hetero) is 1. The second-order valence-electron chi connectivity index (χ2n) is 6.21. The maximum atomic E-state index is 11.5. The summed E-state index contributed by atoms with van der Waals surface area (Å²) in [6.07, 6.45) is 2.22. The van der Waals surface area contributed by atoms with Crippen LogP contribution in [0.2, 0.25) is 0 Å². The Morgan fingerprint density at radius 1 is 1.48 bits per heavy atom. The van der Waals surface area contributed by atoms with E-state index in [2.05, 4.69) is 18.7 Å². The Labute approximate surface area is 125 Å². The SMILES string of the molecule is CC(=O)CC1CCc2cc([N+](=O)[O-])ccc2N1CC(C)C. The molecule has 114 valence electrons. The number of aryl methyl sites for hydroxylation is 1. The third-order valence-electron chi connectivity index (χ3n) is 3.86. The highest BCUT2D eigenvalue weighted by atomic mass is 16.6. The molecule has 5 heteroatoms. The fourth-order valence-corrected chi connectivity index (χ4v) is 3.03. The van der Waals surface area contributed by atoms with Crippen molar-refractivity contribution in [3.05, 3.63) is 33.9 Å². The van der Waals surface area contributed by atoms with Crippen molar-refractivity contribution >= 4 is 17.2 Å². The van der Waals surface area contributed by atoms with Gasteiger partial charge in [0.15, 0.2) is 0 Å². The Morgan fingerprint density at radius 3 is 2.76 bits per heavy atom. The number of anilines is 1. The van der Waals surface area contributed by atoms with E-state index in [1.54, 1.807) is 19.1 Å². The molecule has 0 amide bonds. The van der Waals surface area contributed by atoms with E-state index in [1.807, 2.05) is 6.07 Å². The van der Waals surface area contributed by atoms with Crippen LogP contribution in [0, 0.1) is 16.0 Å². The quantitative estimate of drug-likeness (QED) is 0.616. The molecular weight excluding hydrogens is 268 g/mol. The number of nitro groups is 1. The van der Waals surface area contributed by atoms with Crippen molar-refractivity contribution in [2.24, 2.45) is 5.92 Å². The van der Waals surface area contributed by atoms with Gasteiger partial charge in [-0.1, -0.05) is 13.8 Å². The summed E-state index contributed by atoms with van der Waals surface area (Å²) in [6, 6.07) is 5.27. The van der Waals surface area contributed by atoms with Crippen LogP contribution in [0.5, 0.6) is 0 Å². The number of carbonyl (C=O) groups is 1. The zero-order valence-corrected chi connectivity index (χ0v) is 12.8. The number of non-ortho nitro benzene ring substituents is 1. The maximum absolute atomic E-state index is 11.5. The number of hydrogen-bond donors (Lipinski definition) is 0. The molecule has 0 saturated carbocycles. The van der Waals surface area contributed by atoms with Crippen molar-refractivity contribution in [3.8, 4) is 0 Å². The summed E-state index contributed by atoms with van der Waals surface area (Å²) in [5, 5.41) is 10.9. The lowest BCUT2D eigenvalue weighted by Gasteiger charge is -2.39. The van der Waals surface area contributed by atoms with Crippen LogP contribution in [-0.2, 0) is 11.2 Å². The first-order chi connectivity index (χ1) is 9.88. The largest absolute Gasteiger partial charge is 0.368 e. The Hall–Kier alpha value is -1.91. The lowest BCUT2D eigenvalue weighted by atomic mass is 9.91. The van der Waals surface area contributed by atoms with Crippen LogP contribution >= 0.6 is 0 Å². The zero-order valence-electron chi connectivity index (χ0n) is 12.8. The van der Waals surface area contributed by atoms with E-state index in [9.17, 15) is 14.9 Å². The number of ketones is 1. The van der Waals surface area contributed by atoms with Gasteiger partial charge in [0.1, 0.15) is 5.78 Å². The maximum Gasteiger partial charge on any atom is 0.269 e. The number of nitro benzene ring substituents is 1. The predicted molar refractivity (Wildman–Crippen MR) is 82.7 cm³/mol. The Kier molecular flexibility index (Phi) is 4.60. The average molecular weight is 290 g/mol. The van der Waals surface area contributed by atoms with Crippen molar-refractivity contribution in [2.75, 3.05) is 11.4 Å². The van der Waals surface area contributed by atoms with E-state index >= 15 is 0 Å². The average Bonchev–Trinajstić information content (AvgIpc) is 2.39. The molecule has 1 atom stereocenters. The van der Waals surface area contributed by atoms with Crippen molar-refractivity contribution in [2.45, 2.75) is 46.1 Å². The van der Waals surface area contributed by atoms with Crippen LogP contribution in [0.25, 0.3) is 0 Å². The van der Waals surface area contributed by atoms with Crippen LogP contribution in [0.15, 0.2) is 18.2 Å². The molecule has 0 aromatic heterocycles. The summed E-state index contributed by atoms with van der Waals surface area (Å²) in [7, 11) is 0. The second-order valence-corrected chi connectivity index (χ2v) is 6.21. The van der Waals surface area contributed by atoms with Gasteiger partial charge in [-0.2, -0.15) is 0 Å². The summed E-state index contributed by atoms with van der Waals surface area (Å²) in [5.41, 5.74) is 2.21. The first-order valence-corrected chi connectivity index (χ1v) is 7.42. The van der Waals surface area contributed by atoms with Gasteiger partial charge in [0.25, 0.3) is 5.69 Å². The van der Waals surface area contributed by atoms with Gasteiger partial charge >= 0.3 is 0 Å². The summed E-state index contributed by atoms with van der Waals surface area (Å²) in [6.45, 7) is 6.77. The summed E-state index contributed by atoms with van der Waals surface area (Å²) < 4.78 is 0. The number of rotatable bonds is 5. The molecule has 0 spiro atoms. The topological polar surface area (TPSA) is 63.4 Å². The molecule has 1 aromatic rings. The zero-order chi connectivity index (χ0) is 15.6. The van der Waals surface area contributed by atoms with Gasteiger partial charge in [0.05, 0.1) is 4.92 Å². The van der Waals surface area contributed by atoms with Crippen LogP contribution < -0.4 is 4.90 Å². The molecule has 0 radical (unpaired) electrons. The smallest absolute Gasteiger partial charge is 0.269 e. The summed E-state index contributed by atoms with van der Waals surface area (Å²) >= 11 is 0. The van der Waals surface area contributed by atoms with Gasteiger partial charge in [-0.05, 0) is 37.3 Å². The number of hydrogen-bond acceptors (Lipinski definition) is 4. The van der Waals surface area contributed by atoms with Gasteiger partial charge < -0.3 is 4.90 Å². The van der Waals surface area contributed by atoms with Crippen molar-refractivity contribution in [1.82, 2.24) is 0 Å². The Morgan fingerprint density at radius 2 is 2.19 bits per heavy atom.